The summed E-state index contributed by atoms with van der Waals surface area (Å²) in [5.41, 5.74) is 9.79. The monoisotopic (exact) mass is 559 g/mol. The van der Waals surface area contributed by atoms with E-state index in [0.29, 0.717) is 12.3 Å². The largest absolute Gasteiger partial charge is 0.388 e. The number of hydrogen-bond acceptors (Lipinski definition) is 4. The van der Waals surface area contributed by atoms with E-state index < -0.39 is 0 Å². The fourth-order valence-electron chi connectivity index (χ4n) is 5.46. The molecule has 0 saturated heterocycles. The third-order valence-corrected chi connectivity index (χ3v) is 7.66. The van der Waals surface area contributed by atoms with Crippen LogP contribution in [0.2, 0.25) is 0 Å². The average Bonchev–Trinajstić information content (AvgIpc) is 3.71. The number of aromatic nitrogens is 3. The molecular formula is C36H38FN5. The second-order valence-corrected chi connectivity index (χ2v) is 10.3. The van der Waals surface area contributed by atoms with Crippen LogP contribution in [0.1, 0.15) is 49.6 Å². The van der Waals surface area contributed by atoms with E-state index in [4.69, 9.17) is 4.98 Å². The Balaban J connectivity index is 0.00000198. The number of anilines is 1. The Bertz CT molecular complexity index is 1630. The van der Waals surface area contributed by atoms with E-state index in [2.05, 4.69) is 77.0 Å². The number of nitrogens with one attached hydrogen (secondary N) is 3. The zero-order valence-electron chi connectivity index (χ0n) is 24.4. The molecule has 0 bridgehead atoms. The highest BCUT2D eigenvalue weighted by Gasteiger charge is 2.18. The third-order valence-electron chi connectivity index (χ3n) is 7.66. The van der Waals surface area contributed by atoms with Gasteiger partial charge in [0.15, 0.2) is 0 Å². The average molecular weight is 560 g/mol. The quantitative estimate of drug-likeness (QED) is 0.135. The molecule has 1 saturated carbocycles. The zero-order chi connectivity index (χ0) is 30.1. The minimum Gasteiger partial charge on any atom is -0.388 e. The third kappa shape index (κ3) is 6.87. The molecule has 1 aliphatic carbocycles. The normalized spacial score (nSPS) is 13.8. The number of pyridine rings is 1. The minimum atomic E-state index is -0.267. The Hall–Kier alpha value is -4.89. The van der Waals surface area contributed by atoms with Gasteiger partial charge in [0.25, 0.3) is 0 Å². The summed E-state index contributed by atoms with van der Waals surface area (Å²) in [6.07, 6.45) is 23.2. The molecule has 0 unspecified atom stereocenters. The molecule has 0 radical (unpaired) electrons. The van der Waals surface area contributed by atoms with Crippen molar-refractivity contribution in [3.63, 3.8) is 0 Å². The molecule has 1 fully saturated rings. The van der Waals surface area contributed by atoms with Crippen LogP contribution in [0.25, 0.3) is 27.7 Å². The number of halogens is 1. The molecule has 42 heavy (non-hydrogen) atoms. The van der Waals surface area contributed by atoms with Gasteiger partial charge in [0, 0.05) is 42.3 Å². The molecule has 2 aromatic heterocycles. The zero-order valence-corrected chi connectivity index (χ0v) is 24.4. The molecule has 0 atom stereocenters. The van der Waals surface area contributed by atoms with Gasteiger partial charge in [0.1, 0.15) is 11.6 Å². The van der Waals surface area contributed by atoms with E-state index in [9.17, 15) is 4.39 Å². The van der Waals surface area contributed by atoms with Crippen LogP contribution >= 0.6 is 0 Å². The van der Waals surface area contributed by atoms with Gasteiger partial charge in [-0.25, -0.2) is 9.37 Å². The van der Waals surface area contributed by atoms with Crippen molar-refractivity contribution >= 4 is 22.3 Å². The van der Waals surface area contributed by atoms with Crippen LogP contribution in [0.3, 0.4) is 0 Å². The van der Waals surface area contributed by atoms with Gasteiger partial charge in [-0.15, -0.1) is 12.8 Å². The smallest absolute Gasteiger partial charge is 0.123 e. The number of rotatable bonds is 10. The second-order valence-electron chi connectivity index (χ2n) is 10.3. The lowest BCUT2D eigenvalue weighted by molar-refractivity contribution is 0.607. The molecule has 0 aliphatic heterocycles. The summed E-state index contributed by atoms with van der Waals surface area (Å²) in [5, 5.41) is 6.83. The number of terminal acetylenes is 1. The molecule has 214 valence electrons. The van der Waals surface area contributed by atoms with Crippen LogP contribution in [-0.4, -0.2) is 22.0 Å². The Morgan fingerprint density at radius 2 is 1.86 bits per heavy atom. The van der Waals surface area contributed by atoms with Gasteiger partial charge in [0.05, 0.1) is 17.2 Å². The van der Waals surface area contributed by atoms with E-state index in [0.717, 1.165) is 61.8 Å². The van der Waals surface area contributed by atoms with Crippen molar-refractivity contribution in [3.05, 3.63) is 120 Å². The highest BCUT2D eigenvalue weighted by Crippen LogP contribution is 2.31. The number of imidazole rings is 1. The summed E-state index contributed by atoms with van der Waals surface area (Å²) in [6, 6.07) is 12.9. The minimum absolute atomic E-state index is 0.267. The lowest BCUT2D eigenvalue weighted by Crippen LogP contribution is -2.16. The van der Waals surface area contributed by atoms with E-state index in [1.54, 1.807) is 24.5 Å². The highest BCUT2D eigenvalue weighted by molar-refractivity contribution is 5.91. The fraction of sp³-hybridized carbons (Fsp3) is 0.222. The fourth-order valence-corrected chi connectivity index (χ4v) is 5.46. The van der Waals surface area contributed by atoms with E-state index in [1.807, 2.05) is 20.0 Å². The molecule has 4 aromatic rings. The molecule has 1 aliphatic rings. The van der Waals surface area contributed by atoms with Gasteiger partial charge in [-0.3, -0.25) is 4.98 Å². The van der Waals surface area contributed by atoms with Crippen molar-refractivity contribution in [1.29, 1.82) is 0 Å². The lowest BCUT2D eigenvalue weighted by Gasteiger charge is -2.17. The van der Waals surface area contributed by atoms with Crippen molar-refractivity contribution in [2.45, 2.75) is 39.0 Å². The first-order valence-corrected chi connectivity index (χ1v) is 14.2. The summed E-state index contributed by atoms with van der Waals surface area (Å²) >= 11 is 0. The Labute approximate surface area is 248 Å². The number of allylic oxidation sites excluding steroid dienone is 5. The maximum absolute atomic E-state index is 13.5. The first kappa shape index (κ1) is 30.1. The van der Waals surface area contributed by atoms with Gasteiger partial charge in [-0.05, 0) is 84.4 Å². The first-order valence-electron chi connectivity index (χ1n) is 14.2. The number of benzene rings is 2. The van der Waals surface area contributed by atoms with Crippen molar-refractivity contribution in [2.75, 3.05) is 12.4 Å². The summed E-state index contributed by atoms with van der Waals surface area (Å²) in [5.74, 6) is 1.09. The molecule has 0 amide bonds. The van der Waals surface area contributed by atoms with E-state index >= 15 is 0 Å². The van der Waals surface area contributed by atoms with Crippen LogP contribution in [0.5, 0.6) is 0 Å². The molecule has 2 aromatic carbocycles. The van der Waals surface area contributed by atoms with E-state index in [-0.39, 0.29) is 5.82 Å². The molecule has 5 rings (SSSR count). The van der Waals surface area contributed by atoms with E-state index in [1.165, 1.54) is 37.8 Å². The summed E-state index contributed by atoms with van der Waals surface area (Å²) < 4.78 is 13.5. The summed E-state index contributed by atoms with van der Waals surface area (Å²) in [4.78, 5) is 12.8. The standard InChI is InChI=1S/C34H36FN5.C2H2/c1-5-23(18-29(6-2)38-22(3)24-9-7-8-10-24)26-13-16-31(36-4)27(17-26)19-33-39-32-21-37-20-30(34(32)40-33)25-11-14-28(35)15-12-25;1-2/h5-6,11-18,20-21,24,36,38H,2-3,7-10,19H2,1,4H3,(H,39,40);1-2H/b23-5+,29-18+;. The van der Waals surface area contributed by atoms with Gasteiger partial charge in [-0.2, -0.15) is 0 Å². The number of hydrogen-bond donors (Lipinski definition) is 3. The van der Waals surface area contributed by atoms with Crippen molar-refractivity contribution in [1.82, 2.24) is 20.3 Å². The number of H-pyrrole nitrogens is 1. The van der Waals surface area contributed by atoms with Crippen LogP contribution in [0, 0.1) is 24.6 Å². The maximum atomic E-state index is 13.5. The Morgan fingerprint density at radius 1 is 1.12 bits per heavy atom. The Kier molecular flexibility index (Phi) is 10.1. The maximum Gasteiger partial charge on any atom is 0.123 e. The van der Waals surface area contributed by atoms with Gasteiger partial charge >= 0.3 is 0 Å². The summed E-state index contributed by atoms with van der Waals surface area (Å²) in [6.45, 7) is 10.4. The molecular weight excluding hydrogens is 521 g/mol. The molecule has 2 heterocycles. The molecule has 0 spiro atoms. The first-order chi connectivity index (χ1) is 20.5. The topological polar surface area (TPSA) is 65.6 Å². The number of aromatic amines is 1. The van der Waals surface area contributed by atoms with Gasteiger partial charge in [0.2, 0.25) is 0 Å². The summed E-state index contributed by atoms with van der Waals surface area (Å²) in [7, 11) is 1.93. The SMILES string of the molecule is C#C.C=C/C(=C\C(=C/C)c1ccc(NC)c(Cc2nc3c(-c4ccc(F)cc4)cncc3[nH]2)c1)NC(=C)C1CCCC1. The number of nitrogens with zero attached hydrogens (tertiary/aromatic N) is 2. The van der Waals surface area contributed by atoms with Crippen LogP contribution in [0.4, 0.5) is 10.1 Å². The lowest BCUT2D eigenvalue weighted by atomic mass is 9.98. The highest BCUT2D eigenvalue weighted by atomic mass is 19.1. The van der Waals surface area contributed by atoms with Crippen LogP contribution < -0.4 is 10.6 Å². The predicted molar refractivity (Wildman–Crippen MR) is 174 cm³/mol. The van der Waals surface area contributed by atoms with Crippen molar-refractivity contribution in [3.8, 4) is 24.0 Å². The van der Waals surface area contributed by atoms with Crippen molar-refractivity contribution < 1.29 is 4.39 Å². The van der Waals surface area contributed by atoms with Gasteiger partial charge < -0.3 is 15.6 Å². The molecule has 3 N–H and O–H groups in total. The second kappa shape index (κ2) is 14.1. The number of fused-ring (bicyclic) bond motifs is 1. The van der Waals surface area contributed by atoms with Gasteiger partial charge in [-0.1, -0.05) is 50.3 Å². The molecule has 6 heteroatoms. The van der Waals surface area contributed by atoms with Crippen molar-refractivity contribution in [2.24, 2.45) is 5.92 Å². The Morgan fingerprint density at radius 3 is 2.52 bits per heavy atom. The van der Waals surface area contributed by atoms with Crippen LogP contribution in [-0.2, 0) is 6.42 Å². The molecule has 5 nitrogen and oxygen atoms in total. The van der Waals surface area contributed by atoms with Crippen LogP contribution in [0.15, 0.2) is 97.6 Å². The predicted octanol–water partition coefficient (Wildman–Crippen LogP) is 8.41.